The minimum absolute atomic E-state index is 1.10. The molecule has 0 unspecified atom stereocenters. The standard InChI is InChI=1S/C10H9BrN2/c11-7-3-1-4-8-10(7)12-9-5-2-6-13(8)9/h1,3-4H,2,5-6H2. The van der Waals surface area contributed by atoms with E-state index in [2.05, 4.69) is 37.6 Å². The summed E-state index contributed by atoms with van der Waals surface area (Å²) in [5.74, 6) is 1.24. The maximum atomic E-state index is 4.61. The van der Waals surface area contributed by atoms with Gasteiger partial charge in [0.2, 0.25) is 0 Å². The van der Waals surface area contributed by atoms with Gasteiger partial charge < -0.3 is 4.57 Å². The quantitative estimate of drug-likeness (QED) is 0.688. The highest BCUT2D eigenvalue weighted by molar-refractivity contribution is 9.10. The highest BCUT2D eigenvalue weighted by Crippen LogP contribution is 2.27. The lowest BCUT2D eigenvalue weighted by molar-refractivity contribution is 0.771. The summed E-state index contributed by atoms with van der Waals surface area (Å²) >= 11 is 3.52. The van der Waals surface area contributed by atoms with Crippen LogP contribution < -0.4 is 0 Å². The zero-order chi connectivity index (χ0) is 8.84. The van der Waals surface area contributed by atoms with Crippen LogP contribution >= 0.6 is 15.9 Å². The first-order valence-corrected chi connectivity index (χ1v) is 5.29. The van der Waals surface area contributed by atoms with Crippen molar-refractivity contribution in [3.8, 4) is 0 Å². The monoisotopic (exact) mass is 236 g/mol. The van der Waals surface area contributed by atoms with E-state index < -0.39 is 0 Å². The zero-order valence-corrected chi connectivity index (χ0v) is 8.71. The van der Waals surface area contributed by atoms with Crippen LogP contribution in [0.15, 0.2) is 22.7 Å². The maximum Gasteiger partial charge on any atom is 0.109 e. The highest BCUT2D eigenvalue weighted by Gasteiger charge is 2.16. The maximum absolute atomic E-state index is 4.61. The van der Waals surface area contributed by atoms with E-state index in [9.17, 15) is 0 Å². The number of hydrogen-bond acceptors (Lipinski definition) is 1. The second-order valence-corrected chi connectivity index (χ2v) is 4.25. The topological polar surface area (TPSA) is 17.8 Å². The fourth-order valence-electron chi connectivity index (χ4n) is 2.00. The van der Waals surface area contributed by atoms with Gasteiger partial charge in [-0.3, -0.25) is 0 Å². The number of rotatable bonds is 0. The predicted molar refractivity (Wildman–Crippen MR) is 55.8 cm³/mol. The van der Waals surface area contributed by atoms with E-state index in [1.165, 1.54) is 17.8 Å². The number of para-hydroxylation sites is 1. The molecule has 0 amide bonds. The van der Waals surface area contributed by atoms with Gasteiger partial charge in [0, 0.05) is 17.4 Å². The molecule has 0 spiro atoms. The molecule has 0 fully saturated rings. The molecule has 0 aliphatic carbocycles. The van der Waals surface area contributed by atoms with Crippen molar-refractivity contribution < 1.29 is 0 Å². The van der Waals surface area contributed by atoms with Crippen molar-refractivity contribution in [3.05, 3.63) is 28.5 Å². The molecule has 1 aromatic carbocycles. The van der Waals surface area contributed by atoms with Gasteiger partial charge in [0.15, 0.2) is 0 Å². The van der Waals surface area contributed by atoms with Gasteiger partial charge >= 0.3 is 0 Å². The normalized spacial score (nSPS) is 15.2. The van der Waals surface area contributed by atoms with Crippen LogP contribution in [0.5, 0.6) is 0 Å². The fourth-order valence-corrected chi connectivity index (χ4v) is 2.44. The molecule has 2 heterocycles. The van der Waals surface area contributed by atoms with E-state index in [4.69, 9.17) is 0 Å². The Morgan fingerprint density at radius 1 is 1.38 bits per heavy atom. The Bertz CT molecular complexity index is 473. The zero-order valence-electron chi connectivity index (χ0n) is 7.13. The largest absolute Gasteiger partial charge is 0.328 e. The summed E-state index contributed by atoms with van der Waals surface area (Å²) < 4.78 is 3.42. The van der Waals surface area contributed by atoms with Gasteiger partial charge in [0.05, 0.1) is 5.52 Å². The molecule has 3 heteroatoms. The summed E-state index contributed by atoms with van der Waals surface area (Å²) in [6.45, 7) is 1.13. The number of benzene rings is 1. The molecule has 13 heavy (non-hydrogen) atoms. The van der Waals surface area contributed by atoms with Gasteiger partial charge in [0.25, 0.3) is 0 Å². The number of nitrogens with zero attached hydrogens (tertiary/aromatic N) is 2. The second-order valence-electron chi connectivity index (χ2n) is 3.39. The molecule has 1 aromatic heterocycles. The van der Waals surface area contributed by atoms with E-state index in [1.54, 1.807) is 0 Å². The first kappa shape index (κ1) is 7.56. The lowest BCUT2D eigenvalue weighted by Gasteiger charge is -1.97. The van der Waals surface area contributed by atoms with Crippen LogP contribution in [0.1, 0.15) is 12.2 Å². The van der Waals surface area contributed by atoms with Crippen molar-refractivity contribution >= 4 is 27.0 Å². The molecule has 66 valence electrons. The molecule has 1 aliphatic heterocycles. The molecule has 1 aliphatic rings. The highest BCUT2D eigenvalue weighted by atomic mass is 79.9. The third-order valence-corrected chi connectivity index (χ3v) is 3.23. The average molecular weight is 237 g/mol. The molecule has 0 radical (unpaired) electrons. The lowest BCUT2D eigenvalue weighted by atomic mass is 10.3. The summed E-state index contributed by atoms with van der Waals surface area (Å²) in [5, 5.41) is 0. The Kier molecular flexibility index (Phi) is 1.50. The lowest BCUT2D eigenvalue weighted by Crippen LogP contribution is -1.90. The number of hydrogen-bond donors (Lipinski definition) is 0. The van der Waals surface area contributed by atoms with Gasteiger partial charge in [-0.2, -0.15) is 0 Å². The molecular formula is C10H9BrN2. The van der Waals surface area contributed by atoms with E-state index in [-0.39, 0.29) is 0 Å². The Morgan fingerprint density at radius 2 is 2.31 bits per heavy atom. The van der Waals surface area contributed by atoms with E-state index in [0.29, 0.717) is 0 Å². The molecule has 0 N–H and O–H groups in total. The third kappa shape index (κ3) is 0.967. The SMILES string of the molecule is Brc1cccc2c1nc1n2CCC1. The molecule has 2 nitrogen and oxygen atoms in total. The summed E-state index contributed by atoms with van der Waals surface area (Å²) in [4.78, 5) is 4.61. The van der Waals surface area contributed by atoms with Gasteiger partial charge in [-0.1, -0.05) is 6.07 Å². The fraction of sp³-hybridized carbons (Fsp3) is 0.300. The molecule has 0 saturated heterocycles. The van der Waals surface area contributed by atoms with Crippen molar-refractivity contribution in [1.29, 1.82) is 0 Å². The second kappa shape index (κ2) is 2.58. The van der Waals surface area contributed by atoms with Gasteiger partial charge in [-0.25, -0.2) is 4.98 Å². The van der Waals surface area contributed by atoms with Gasteiger partial charge in [0.1, 0.15) is 11.3 Å². The van der Waals surface area contributed by atoms with E-state index in [1.807, 2.05) is 6.07 Å². The van der Waals surface area contributed by atoms with E-state index >= 15 is 0 Å². The average Bonchev–Trinajstić information content (AvgIpc) is 2.65. The number of aromatic nitrogens is 2. The van der Waals surface area contributed by atoms with Crippen molar-refractivity contribution in [1.82, 2.24) is 9.55 Å². The summed E-state index contributed by atoms with van der Waals surface area (Å²) in [7, 11) is 0. The van der Waals surface area contributed by atoms with Crippen molar-refractivity contribution in [2.24, 2.45) is 0 Å². The van der Waals surface area contributed by atoms with E-state index in [0.717, 1.165) is 23.0 Å². The van der Waals surface area contributed by atoms with Crippen LogP contribution in [0.25, 0.3) is 11.0 Å². The van der Waals surface area contributed by atoms with Crippen LogP contribution in [0.4, 0.5) is 0 Å². The third-order valence-electron chi connectivity index (χ3n) is 2.59. The number of fused-ring (bicyclic) bond motifs is 3. The predicted octanol–water partition coefficient (Wildman–Crippen LogP) is 2.75. The van der Waals surface area contributed by atoms with Crippen molar-refractivity contribution in [2.75, 3.05) is 0 Å². The summed E-state index contributed by atoms with van der Waals surface area (Å²) in [6, 6.07) is 6.26. The summed E-state index contributed by atoms with van der Waals surface area (Å²) in [6.07, 6.45) is 2.37. The van der Waals surface area contributed by atoms with Crippen LogP contribution in [0.3, 0.4) is 0 Å². The minimum Gasteiger partial charge on any atom is -0.328 e. The van der Waals surface area contributed by atoms with Crippen LogP contribution in [-0.4, -0.2) is 9.55 Å². The smallest absolute Gasteiger partial charge is 0.109 e. The minimum atomic E-state index is 1.10. The molecule has 3 rings (SSSR count). The number of aryl methyl sites for hydroxylation is 2. The van der Waals surface area contributed by atoms with Gasteiger partial charge in [-0.15, -0.1) is 0 Å². The first-order chi connectivity index (χ1) is 6.36. The van der Waals surface area contributed by atoms with Crippen molar-refractivity contribution in [3.63, 3.8) is 0 Å². The van der Waals surface area contributed by atoms with Crippen LogP contribution in [0.2, 0.25) is 0 Å². The molecule has 0 saturated carbocycles. The number of imidazole rings is 1. The van der Waals surface area contributed by atoms with Crippen LogP contribution in [-0.2, 0) is 13.0 Å². The number of halogens is 1. The Morgan fingerprint density at radius 3 is 3.23 bits per heavy atom. The van der Waals surface area contributed by atoms with Gasteiger partial charge in [-0.05, 0) is 34.5 Å². The molecule has 0 bridgehead atoms. The first-order valence-electron chi connectivity index (χ1n) is 4.50. The van der Waals surface area contributed by atoms with Crippen LogP contribution in [0, 0.1) is 0 Å². The Balaban J connectivity index is 2.44. The molecule has 2 aromatic rings. The summed E-state index contributed by atoms with van der Waals surface area (Å²) in [5.41, 5.74) is 2.37. The molecule has 0 atom stereocenters. The Hall–Kier alpha value is -0.830. The Labute approximate surface area is 84.7 Å². The van der Waals surface area contributed by atoms with Crippen molar-refractivity contribution in [2.45, 2.75) is 19.4 Å². The molecular weight excluding hydrogens is 228 g/mol.